The summed E-state index contributed by atoms with van der Waals surface area (Å²) in [7, 11) is 1.26. The minimum atomic E-state index is -4.77. The lowest BCUT2D eigenvalue weighted by Crippen LogP contribution is -2.40. The van der Waals surface area contributed by atoms with Crippen molar-refractivity contribution in [3.8, 4) is 0 Å². The molecule has 1 aromatic rings. The summed E-state index contributed by atoms with van der Waals surface area (Å²) in [6.45, 7) is 2.16. The maximum absolute atomic E-state index is 13.1. The number of anilines is 2. The van der Waals surface area contributed by atoms with Crippen LogP contribution in [-0.4, -0.2) is 37.9 Å². The maximum atomic E-state index is 13.1. The molecule has 0 aliphatic rings. The summed E-state index contributed by atoms with van der Waals surface area (Å²) < 4.78 is 82.8. The van der Waals surface area contributed by atoms with Gasteiger partial charge in [-0.3, -0.25) is 4.79 Å². The number of nitrogens with one attached hydrogen (secondary N) is 1. The summed E-state index contributed by atoms with van der Waals surface area (Å²) in [6.07, 6.45) is -9.49. The summed E-state index contributed by atoms with van der Waals surface area (Å²) in [5.41, 5.74) is -2.74. The molecule has 1 N–H and O–H groups in total. The fraction of sp³-hybridized carbons (Fsp3) is 0.562. The summed E-state index contributed by atoms with van der Waals surface area (Å²) >= 11 is 0. The second-order valence-corrected chi connectivity index (χ2v) is 6.54. The Morgan fingerprint density at radius 2 is 1.69 bits per heavy atom. The van der Waals surface area contributed by atoms with Crippen LogP contribution in [-0.2, 0) is 15.7 Å². The van der Waals surface area contributed by atoms with Gasteiger partial charge in [0, 0.05) is 18.4 Å². The Balaban J connectivity index is 3.24. The zero-order valence-electron chi connectivity index (χ0n) is 14.7. The number of ether oxygens (including phenoxy) is 1. The highest BCUT2D eigenvalue weighted by Crippen LogP contribution is 2.37. The first-order valence-electron chi connectivity index (χ1n) is 7.55. The summed E-state index contributed by atoms with van der Waals surface area (Å²) in [6, 6.07) is 2.66. The van der Waals surface area contributed by atoms with Crippen LogP contribution >= 0.6 is 0 Å². The zero-order valence-corrected chi connectivity index (χ0v) is 14.7. The lowest BCUT2D eigenvalue weighted by Gasteiger charge is -2.28. The third kappa shape index (κ3) is 7.01. The second-order valence-electron chi connectivity index (χ2n) is 6.54. The molecule has 0 bridgehead atoms. The number of hydrogen-bond acceptors (Lipinski definition) is 4. The first kappa shape index (κ1) is 21.9. The smallest absolute Gasteiger partial charge is 0.418 e. The van der Waals surface area contributed by atoms with Gasteiger partial charge in [0.25, 0.3) is 0 Å². The van der Waals surface area contributed by atoms with Gasteiger partial charge in [-0.15, -0.1) is 0 Å². The molecule has 0 atom stereocenters. The van der Waals surface area contributed by atoms with Gasteiger partial charge in [0.2, 0.25) is 0 Å². The number of esters is 1. The summed E-state index contributed by atoms with van der Waals surface area (Å²) in [5, 5.41) is 2.34. The van der Waals surface area contributed by atoms with Crippen molar-refractivity contribution < 1.29 is 35.9 Å². The second kappa shape index (κ2) is 7.63. The molecule has 0 heterocycles. The highest BCUT2D eigenvalue weighted by molar-refractivity contribution is 5.77. The monoisotopic (exact) mass is 386 g/mol. The first-order valence-corrected chi connectivity index (χ1v) is 7.55. The van der Waals surface area contributed by atoms with Gasteiger partial charge in [0.15, 0.2) is 0 Å². The number of carbonyl (C=O) groups is 1. The Bertz CT molecular complexity index is 635. The zero-order chi connectivity index (χ0) is 20.3. The van der Waals surface area contributed by atoms with Crippen LogP contribution < -0.4 is 10.2 Å². The molecule has 0 fully saturated rings. The minimum Gasteiger partial charge on any atom is -0.459 e. The Labute approximate surface area is 147 Å². The van der Waals surface area contributed by atoms with E-state index in [-0.39, 0.29) is 11.4 Å². The number of hydrogen-bond donors (Lipinski definition) is 1. The third-order valence-corrected chi connectivity index (χ3v) is 3.05. The van der Waals surface area contributed by atoms with Gasteiger partial charge in [-0.05, 0) is 39.0 Å². The van der Waals surface area contributed by atoms with Crippen molar-refractivity contribution >= 4 is 17.3 Å². The van der Waals surface area contributed by atoms with Crippen molar-refractivity contribution in [2.75, 3.05) is 30.4 Å². The lowest BCUT2D eigenvalue weighted by molar-refractivity contribution is -0.153. The molecule has 0 aliphatic heterocycles. The summed E-state index contributed by atoms with van der Waals surface area (Å²) in [4.78, 5) is 12.4. The Morgan fingerprint density at radius 3 is 2.12 bits per heavy atom. The van der Waals surface area contributed by atoms with E-state index in [4.69, 9.17) is 4.74 Å². The topological polar surface area (TPSA) is 41.6 Å². The van der Waals surface area contributed by atoms with E-state index in [1.54, 1.807) is 0 Å². The number of benzene rings is 1. The first-order chi connectivity index (χ1) is 11.6. The molecule has 0 saturated heterocycles. The van der Waals surface area contributed by atoms with Crippen LogP contribution in [0.2, 0.25) is 0 Å². The van der Waals surface area contributed by atoms with E-state index in [0.717, 1.165) is 12.1 Å². The predicted octanol–water partition coefficient (Wildman–Crippen LogP) is 4.46. The standard InChI is InChI=1S/C16H20F6N2O2/c1-14(2,3)26-13(25)8-24(9-15(17,18)19)10-5-6-12(23-4)11(7-10)16(20,21)22/h5-7,23H,8-9H2,1-4H3. The van der Waals surface area contributed by atoms with E-state index in [2.05, 4.69) is 5.32 Å². The van der Waals surface area contributed by atoms with E-state index < -0.39 is 42.6 Å². The van der Waals surface area contributed by atoms with E-state index in [1.165, 1.54) is 27.8 Å². The lowest BCUT2D eigenvalue weighted by atomic mass is 10.1. The molecule has 0 saturated carbocycles. The van der Waals surface area contributed by atoms with Gasteiger partial charge in [-0.25, -0.2) is 0 Å². The van der Waals surface area contributed by atoms with E-state index in [0.29, 0.717) is 11.0 Å². The van der Waals surface area contributed by atoms with Crippen molar-refractivity contribution in [3.05, 3.63) is 23.8 Å². The SMILES string of the molecule is CNc1ccc(N(CC(=O)OC(C)(C)C)CC(F)(F)F)cc1C(F)(F)F. The molecule has 4 nitrogen and oxygen atoms in total. The normalized spacial score (nSPS) is 12.7. The van der Waals surface area contributed by atoms with Gasteiger partial charge >= 0.3 is 18.3 Å². The van der Waals surface area contributed by atoms with Crippen LogP contribution in [0.1, 0.15) is 26.3 Å². The number of alkyl halides is 6. The molecular formula is C16H20F6N2O2. The van der Waals surface area contributed by atoms with Crippen LogP contribution in [0.4, 0.5) is 37.7 Å². The fourth-order valence-electron chi connectivity index (χ4n) is 2.17. The van der Waals surface area contributed by atoms with Crippen LogP contribution in [0.3, 0.4) is 0 Å². The number of nitrogens with zero attached hydrogens (tertiary/aromatic N) is 1. The fourth-order valence-corrected chi connectivity index (χ4v) is 2.17. The van der Waals surface area contributed by atoms with Crippen molar-refractivity contribution in [1.82, 2.24) is 0 Å². The van der Waals surface area contributed by atoms with Gasteiger partial charge < -0.3 is 15.0 Å². The molecule has 0 unspecified atom stereocenters. The third-order valence-electron chi connectivity index (χ3n) is 3.05. The molecular weight excluding hydrogens is 366 g/mol. The van der Waals surface area contributed by atoms with E-state index in [9.17, 15) is 31.1 Å². The minimum absolute atomic E-state index is 0.287. The number of carbonyl (C=O) groups excluding carboxylic acids is 1. The Hall–Kier alpha value is -2.13. The summed E-state index contributed by atoms with van der Waals surface area (Å²) in [5.74, 6) is -0.979. The van der Waals surface area contributed by atoms with Crippen LogP contribution in [0, 0.1) is 0 Å². The molecule has 0 amide bonds. The van der Waals surface area contributed by atoms with Crippen molar-refractivity contribution in [3.63, 3.8) is 0 Å². The van der Waals surface area contributed by atoms with Gasteiger partial charge in [0.05, 0.1) is 5.56 Å². The average molecular weight is 386 g/mol. The quantitative estimate of drug-likeness (QED) is 0.599. The van der Waals surface area contributed by atoms with Crippen LogP contribution in [0.5, 0.6) is 0 Å². The molecule has 0 aliphatic carbocycles. The molecule has 0 spiro atoms. The maximum Gasteiger partial charge on any atom is 0.418 e. The highest BCUT2D eigenvalue weighted by atomic mass is 19.4. The van der Waals surface area contributed by atoms with Gasteiger partial charge in [-0.2, -0.15) is 26.3 Å². The molecule has 148 valence electrons. The predicted molar refractivity (Wildman–Crippen MR) is 85.1 cm³/mol. The van der Waals surface area contributed by atoms with Crippen molar-refractivity contribution in [2.24, 2.45) is 0 Å². The molecule has 0 radical (unpaired) electrons. The largest absolute Gasteiger partial charge is 0.459 e. The van der Waals surface area contributed by atoms with Crippen molar-refractivity contribution in [1.29, 1.82) is 0 Å². The Morgan fingerprint density at radius 1 is 1.12 bits per heavy atom. The van der Waals surface area contributed by atoms with Crippen LogP contribution in [0.15, 0.2) is 18.2 Å². The van der Waals surface area contributed by atoms with Gasteiger partial charge in [0.1, 0.15) is 18.7 Å². The Kier molecular flexibility index (Phi) is 6.43. The molecule has 10 heteroatoms. The van der Waals surface area contributed by atoms with Crippen molar-refractivity contribution in [2.45, 2.75) is 38.7 Å². The molecule has 1 rings (SSSR count). The number of halogens is 6. The molecule has 26 heavy (non-hydrogen) atoms. The molecule has 1 aromatic carbocycles. The average Bonchev–Trinajstić information content (AvgIpc) is 2.41. The highest BCUT2D eigenvalue weighted by Gasteiger charge is 2.36. The molecule has 0 aromatic heterocycles. The van der Waals surface area contributed by atoms with E-state index in [1.807, 2.05) is 0 Å². The number of rotatable bonds is 5. The van der Waals surface area contributed by atoms with Gasteiger partial charge in [-0.1, -0.05) is 0 Å². The van der Waals surface area contributed by atoms with Crippen LogP contribution in [0.25, 0.3) is 0 Å². The van der Waals surface area contributed by atoms with E-state index >= 15 is 0 Å².